The van der Waals surface area contributed by atoms with Crippen LogP contribution in [0.1, 0.15) is 48.0 Å². The van der Waals surface area contributed by atoms with Gasteiger partial charge in [0, 0.05) is 45.4 Å². The van der Waals surface area contributed by atoms with E-state index in [1.54, 1.807) is 0 Å². The van der Waals surface area contributed by atoms with Crippen molar-refractivity contribution in [3.05, 3.63) is 0 Å². The van der Waals surface area contributed by atoms with Gasteiger partial charge in [-0.05, 0) is 39.0 Å². The Morgan fingerprint density at radius 2 is 1.96 bits per heavy atom. The highest BCUT2D eigenvalue weighted by atomic mass is 16.5. The molecule has 1 fully saturated rings. The topological polar surface area (TPSA) is 48.9 Å². The summed E-state index contributed by atoms with van der Waals surface area (Å²) in [6.07, 6.45) is 1.32. The third kappa shape index (κ3) is 6.68. The molecule has 0 saturated carbocycles. The number of ether oxygens (including phenoxy) is 1. The van der Waals surface area contributed by atoms with Crippen LogP contribution in [0.15, 0.2) is 4.99 Å². The summed E-state index contributed by atoms with van der Waals surface area (Å²) in [4.78, 5) is 6.91. The predicted molar refractivity (Wildman–Crippen MR) is 99.0 cm³/mol. The Hall–Kier alpha value is -0.810. The van der Waals surface area contributed by atoms with E-state index in [0.29, 0.717) is 30.0 Å². The number of likely N-dealkylation sites (tertiary alicyclic amines) is 1. The first kappa shape index (κ1) is 20.2. The average molecular weight is 327 g/mol. The number of aliphatic imine (C=N–C) groups is 1. The number of hydrogen-bond donors (Lipinski definition) is 2. The van der Waals surface area contributed by atoms with Gasteiger partial charge in [0.2, 0.25) is 0 Å². The third-order valence-corrected chi connectivity index (χ3v) is 4.76. The Morgan fingerprint density at radius 3 is 2.43 bits per heavy atom. The molecule has 1 heterocycles. The molecule has 136 valence electrons. The molecule has 0 aliphatic carbocycles. The van der Waals surface area contributed by atoms with Gasteiger partial charge in [0.05, 0.1) is 6.10 Å². The Morgan fingerprint density at radius 1 is 1.26 bits per heavy atom. The van der Waals surface area contributed by atoms with Crippen molar-refractivity contribution in [3.8, 4) is 0 Å². The second kappa shape index (κ2) is 10.1. The maximum atomic E-state index is 5.80. The van der Waals surface area contributed by atoms with Gasteiger partial charge >= 0.3 is 0 Å². The van der Waals surface area contributed by atoms with Gasteiger partial charge in [-0.1, -0.05) is 20.8 Å². The SMILES string of the molecule is CCOC(CCNC(=NC)NC1CN(C(C)C)CC1C)C(C)C. The van der Waals surface area contributed by atoms with Crippen molar-refractivity contribution < 1.29 is 4.74 Å². The van der Waals surface area contributed by atoms with Gasteiger partial charge in [-0.15, -0.1) is 0 Å². The second-order valence-corrected chi connectivity index (χ2v) is 7.30. The van der Waals surface area contributed by atoms with E-state index in [-0.39, 0.29) is 0 Å². The monoisotopic (exact) mass is 326 g/mol. The molecule has 1 saturated heterocycles. The lowest BCUT2D eigenvalue weighted by Gasteiger charge is -2.24. The highest BCUT2D eigenvalue weighted by Gasteiger charge is 2.31. The van der Waals surface area contributed by atoms with Crippen LogP contribution in [-0.2, 0) is 4.74 Å². The smallest absolute Gasteiger partial charge is 0.191 e. The largest absolute Gasteiger partial charge is 0.378 e. The normalized spacial score (nSPS) is 24.5. The molecule has 0 radical (unpaired) electrons. The van der Waals surface area contributed by atoms with Crippen LogP contribution in [-0.4, -0.2) is 62.3 Å². The van der Waals surface area contributed by atoms with Crippen LogP contribution in [0.25, 0.3) is 0 Å². The fourth-order valence-electron chi connectivity index (χ4n) is 3.14. The summed E-state index contributed by atoms with van der Waals surface area (Å²) in [5.41, 5.74) is 0. The van der Waals surface area contributed by atoms with Crippen LogP contribution in [0.4, 0.5) is 0 Å². The van der Waals surface area contributed by atoms with Gasteiger partial charge in [-0.3, -0.25) is 9.89 Å². The Bertz CT molecular complexity index is 357. The molecule has 1 aliphatic heterocycles. The fraction of sp³-hybridized carbons (Fsp3) is 0.944. The van der Waals surface area contributed by atoms with Crippen molar-refractivity contribution in [2.45, 2.75) is 66.2 Å². The third-order valence-electron chi connectivity index (χ3n) is 4.76. The second-order valence-electron chi connectivity index (χ2n) is 7.30. The maximum Gasteiger partial charge on any atom is 0.191 e. The molecule has 0 spiro atoms. The van der Waals surface area contributed by atoms with E-state index in [1.165, 1.54) is 0 Å². The predicted octanol–water partition coefficient (Wildman–Crippen LogP) is 2.33. The minimum Gasteiger partial charge on any atom is -0.378 e. The minimum absolute atomic E-state index is 0.312. The van der Waals surface area contributed by atoms with Gasteiger partial charge < -0.3 is 15.4 Å². The molecule has 2 N–H and O–H groups in total. The lowest BCUT2D eigenvalue weighted by atomic mass is 10.0. The van der Waals surface area contributed by atoms with Crippen molar-refractivity contribution in [1.82, 2.24) is 15.5 Å². The van der Waals surface area contributed by atoms with Gasteiger partial charge in [0.1, 0.15) is 0 Å². The summed E-state index contributed by atoms with van der Waals surface area (Å²) in [5, 5.41) is 7.04. The number of nitrogens with one attached hydrogen (secondary N) is 2. The van der Waals surface area contributed by atoms with Crippen LogP contribution in [0.5, 0.6) is 0 Å². The van der Waals surface area contributed by atoms with Crippen molar-refractivity contribution in [3.63, 3.8) is 0 Å². The highest BCUT2D eigenvalue weighted by Crippen LogP contribution is 2.18. The van der Waals surface area contributed by atoms with Crippen LogP contribution in [0.2, 0.25) is 0 Å². The van der Waals surface area contributed by atoms with E-state index < -0.39 is 0 Å². The molecule has 0 aromatic heterocycles. The molecule has 23 heavy (non-hydrogen) atoms. The fourth-order valence-corrected chi connectivity index (χ4v) is 3.14. The molecule has 0 aromatic carbocycles. The molecule has 3 atom stereocenters. The minimum atomic E-state index is 0.312. The number of nitrogens with zero attached hydrogens (tertiary/aromatic N) is 2. The first-order chi connectivity index (χ1) is 10.9. The lowest BCUT2D eigenvalue weighted by Crippen LogP contribution is -2.47. The van der Waals surface area contributed by atoms with E-state index in [2.05, 4.69) is 62.1 Å². The van der Waals surface area contributed by atoms with Crippen molar-refractivity contribution in [1.29, 1.82) is 0 Å². The molecule has 1 aliphatic rings. The Labute approximate surface area is 143 Å². The molecule has 5 nitrogen and oxygen atoms in total. The van der Waals surface area contributed by atoms with Crippen molar-refractivity contribution in [2.75, 3.05) is 33.3 Å². The standard InChI is InChI=1S/C18H38N4O/c1-8-23-17(13(2)3)9-10-20-18(19-7)21-16-12-22(14(4)5)11-15(16)6/h13-17H,8-12H2,1-7H3,(H2,19,20,21). The highest BCUT2D eigenvalue weighted by molar-refractivity contribution is 5.80. The van der Waals surface area contributed by atoms with E-state index >= 15 is 0 Å². The van der Waals surface area contributed by atoms with Gasteiger partial charge in [0.25, 0.3) is 0 Å². The number of guanidine groups is 1. The van der Waals surface area contributed by atoms with Gasteiger partial charge in [-0.2, -0.15) is 0 Å². The molecule has 0 aromatic rings. The molecule has 0 amide bonds. The van der Waals surface area contributed by atoms with E-state index in [0.717, 1.165) is 38.6 Å². The maximum absolute atomic E-state index is 5.80. The zero-order valence-corrected chi connectivity index (χ0v) is 16.2. The summed E-state index contributed by atoms with van der Waals surface area (Å²) in [5.74, 6) is 2.09. The zero-order valence-electron chi connectivity index (χ0n) is 16.2. The van der Waals surface area contributed by atoms with Crippen LogP contribution >= 0.6 is 0 Å². The van der Waals surface area contributed by atoms with Crippen LogP contribution in [0, 0.1) is 11.8 Å². The lowest BCUT2D eigenvalue weighted by molar-refractivity contribution is 0.0258. The molecule has 0 bridgehead atoms. The molecule has 3 unspecified atom stereocenters. The van der Waals surface area contributed by atoms with Crippen molar-refractivity contribution >= 4 is 5.96 Å². The Balaban J connectivity index is 2.40. The summed E-state index contributed by atoms with van der Waals surface area (Å²) in [6, 6.07) is 1.08. The molecule has 1 rings (SSSR count). The summed E-state index contributed by atoms with van der Waals surface area (Å²) >= 11 is 0. The average Bonchev–Trinajstić information content (AvgIpc) is 2.86. The first-order valence-corrected chi connectivity index (χ1v) is 9.21. The Kier molecular flexibility index (Phi) is 8.92. The van der Waals surface area contributed by atoms with E-state index in [9.17, 15) is 0 Å². The quantitative estimate of drug-likeness (QED) is 0.531. The van der Waals surface area contributed by atoms with Gasteiger partial charge in [-0.25, -0.2) is 0 Å². The summed E-state index contributed by atoms with van der Waals surface area (Å²) in [7, 11) is 1.84. The summed E-state index contributed by atoms with van der Waals surface area (Å²) in [6.45, 7) is 17.3. The van der Waals surface area contributed by atoms with E-state index in [4.69, 9.17) is 4.74 Å². The van der Waals surface area contributed by atoms with Crippen LogP contribution < -0.4 is 10.6 Å². The van der Waals surface area contributed by atoms with Gasteiger partial charge in [0.15, 0.2) is 5.96 Å². The first-order valence-electron chi connectivity index (χ1n) is 9.21. The summed E-state index contributed by atoms with van der Waals surface area (Å²) < 4.78 is 5.80. The van der Waals surface area contributed by atoms with Crippen molar-refractivity contribution in [2.24, 2.45) is 16.8 Å². The number of rotatable bonds is 8. The van der Waals surface area contributed by atoms with Crippen LogP contribution in [0.3, 0.4) is 0 Å². The molecular weight excluding hydrogens is 288 g/mol. The van der Waals surface area contributed by atoms with E-state index in [1.807, 2.05) is 7.05 Å². The number of hydrogen-bond acceptors (Lipinski definition) is 3. The molecule has 5 heteroatoms. The zero-order chi connectivity index (χ0) is 17.4. The molecular formula is C18H38N4O.